The molecule has 0 bridgehead atoms. The van der Waals surface area contributed by atoms with E-state index in [1.807, 2.05) is 0 Å². The van der Waals surface area contributed by atoms with Crippen LogP contribution < -0.4 is 0 Å². The second kappa shape index (κ2) is 14.2. The van der Waals surface area contributed by atoms with Gasteiger partial charge in [-0.05, 0) is 12.8 Å². The summed E-state index contributed by atoms with van der Waals surface area (Å²) in [5.74, 6) is 0. The molecule has 3 heteroatoms. The number of unbranched alkanes of at least 4 members (excludes halogenated alkanes) is 6. The minimum absolute atomic E-state index is 0. The van der Waals surface area contributed by atoms with Gasteiger partial charge in [-0.1, -0.05) is 32.1 Å². The van der Waals surface area contributed by atoms with E-state index in [4.69, 9.17) is 10.2 Å². The average molecular weight is 187 g/mol. The molecule has 0 aliphatic rings. The van der Waals surface area contributed by atoms with Crippen LogP contribution in [0.4, 0.5) is 0 Å². The molecular weight excluding hydrogens is 164 g/mol. The van der Waals surface area contributed by atoms with Gasteiger partial charge in [0.2, 0.25) is 0 Å². The Balaban J connectivity index is -0.000000167. The van der Waals surface area contributed by atoms with Gasteiger partial charge in [-0.2, -0.15) is 0 Å². The van der Waals surface area contributed by atoms with Crippen LogP contribution in [0, 0.1) is 0 Å². The van der Waals surface area contributed by atoms with Gasteiger partial charge in [-0.3, -0.25) is 0 Å². The molecule has 0 rings (SSSR count). The van der Waals surface area contributed by atoms with Crippen LogP contribution in [0.2, 0.25) is 0 Å². The summed E-state index contributed by atoms with van der Waals surface area (Å²) in [5.41, 5.74) is 0. The Bertz CT molecular complexity index is 69.8. The zero-order valence-corrected chi connectivity index (χ0v) is 9.38. The van der Waals surface area contributed by atoms with E-state index in [-0.39, 0.29) is 25.9 Å². The van der Waals surface area contributed by atoms with Crippen LogP contribution in [0.15, 0.2) is 0 Å². The van der Waals surface area contributed by atoms with E-state index in [0.717, 1.165) is 25.7 Å². The molecule has 0 saturated heterocycles. The fourth-order valence-electron chi connectivity index (χ4n) is 1.11. The van der Waals surface area contributed by atoms with Crippen molar-refractivity contribution in [1.82, 2.24) is 0 Å². The van der Waals surface area contributed by atoms with Crippen molar-refractivity contribution >= 4 is 23.1 Å². The smallest absolute Gasteiger partial charge is 1.00 e. The molecule has 0 atom stereocenters. The van der Waals surface area contributed by atoms with Crippen LogP contribution in [0.1, 0.15) is 47.8 Å². The molecule has 12 heavy (non-hydrogen) atoms. The number of aliphatic hydroxyl groups excluding tert-OH is 2. The largest absolute Gasteiger partial charge is 2.00 e. The van der Waals surface area contributed by atoms with Crippen LogP contribution in [-0.4, -0.2) is 46.5 Å². The third-order valence-electron chi connectivity index (χ3n) is 1.82. The first-order valence-electron chi connectivity index (χ1n) is 4.63. The Kier molecular flexibility index (Phi) is 18.0. The molecular formula is C9H22MgO2. The quantitative estimate of drug-likeness (QED) is 0.446. The zero-order chi connectivity index (χ0) is 8.36. The van der Waals surface area contributed by atoms with E-state index >= 15 is 0 Å². The predicted molar refractivity (Wildman–Crippen MR) is 54.5 cm³/mol. The Labute approximate surface area is 94.5 Å². The molecule has 0 aliphatic heterocycles. The summed E-state index contributed by atoms with van der Waals surface area (Å²) in [7, 11) is 0. The molecule has 0 radical (unpaired) electrons. The first kappa shape index (κ1) is 15.2. The molecule has 2 N–H and O–H groups in total. The Morgan fingerprint density at radius 1 is 0.583 bits per heavy atom. The van der Waals surface area contributed by atoms with Crippen LogP contribution in [0.25, 0.3) is 0 Å². The van der Waals surface area contributed by atoms with Crippen molar-refractivity contribution < 1.29 is 13.1 Å². The summed E-state index contributed by atoms with van der Waals surface area (Å²) in [6, 6.07) is 0. The molecule has 0 fully saturated rings. The maximum absolute atomic E-state index is 8.47. The van der Waals surface area contributed by atoms with Gasteiger partial charge in [0.25, 0.3) is 0 Å². The second-order valence-electron chi connectivity index (χ2n) is 2.92. The van der Waals surface area contributed by atoms with Gasteiger partial charge in [0.15, 0.2) is 0 Å². The molecule has 0 amide bonds. The van der Waals surface area contributed by atoms with Gasteiger partial charge in [0.05, 0.1) is 0 Å². The van der Waals surface area contributed by atoms with Crippen molar-refractivity contribution in [3.8, 4) is 0 Å². The summed E-state index contributed by atoms with van der Waals surface area (Å²) in [4.78, 5) is 0. The molecule has 0 aromatic heterocycles. The monoisotopic (exact) mass is 186 g/mol. The van der Waals surface area contributed by atoms with E-state index in [9.17, 15) is 0 Å². The minimum Gasteiger partial charge on any atom is -1.00 e. The van der Waals surface area contributed by atoms with Gasteiger partial charge in [-0.25, -0.2) is 0 Å². The van der Waals surface area contributed by atoms with E-state index in [2.05, 4.69) is 0 Å². The Morgan fingerprint density at radius 2 is 0.833 bits per heavy atom. The van der Waals surface area contributed by atoms with Gasteiger partial charge >= 0.3 is 23.1 Å². The molecule has 0 aliphatic carbocycles. The van der Waals surface area contributed by atoms with Crippen molar-refractivity contribution in [3.63, 3.8) is 0 Å². The number of rotatable bonds is 8. The van der Waals surface area contributed by atoms with E-state index in [1.165, 1.54) is 19.3 Å². The third-order valence-corrected chi connectivity index (χ3v) is 1.82. The van der Waals surface area contributed by atoms with Gasteiger partial charge in [0, 0.05) is 13.2 Å². The molecule has 72 valence electrons. The van der Waals surface area contributed by atoms with Gasteiger partial charge in [0.1, 0.15) is 0 Å². The van der Waals surface area contributed by atoms with E-state index in [0.29, 0.717) is 13.2 Å². The molecule has 2 nitrogen and oxygen atoms in total. The van der Waals surface area contributed by atoms with Crippen molar-refractivity contribution in [3.05, 3.63) is 0 Å². The van der Waals surface area contributed by atoms with Gasteiger partial charge < -0.3 is 13.1 Å². The SMILES string of the molecule is OCCCCCCCCCO.[H-].[H-].[Mg+2]. The second-order valence-corrected chi connectivity index (χ2v) is 2.92. The molecule has 0 aromatic carbocycles. The van der Waals surface area contributed by atoms with Gasteiger partial charge in [-0.15, -0.1) is 0 Å². The van der Waals surface area contributed by atoms with Crippen LogP contribution in [0.3, 0.4) is 0 Å². The van der Waals surface area contributed by atoms with E-state index < -0.39 is 0 Å². The van der Waals surface area contributed by atoms with Crippen molar-refractivity contribution in [2.45, 2.75) is 44.9 Å². The summed E-state index contributed by atoms with van der Waals surface area (Å²) < 4.78 is 0. The summed E-state index contributed by atoms with van der Waals surface area (Å²) >= 11 is 0. The third kappa shape index (κ3) is 13.3. The molecule has 0 spiro atoms. The van der Waals surface area contributed by atoms with Crippen molar-refractivity contribution in [2.24, 2.45) is 0 Å². The zero-order valence-electron chi connectivity index (χ0n) is 9.97. The number of hydrogen-bond acceptors (Lipinski definition) is 2. The maximum atomic E-state index is 8.47. The first-order chi connectivity index (χ1) is 5.41. The average Bonchev–Trinajstić information content (AvgIpc) is 2.03. The standard InChI is InChI=1S/C9H20O2.Mg.2H/c10-8-6-4-2-1-3-5-7-9-11;;;/h10-11H,1-9H2;;;/q;+2;2*-1. The van der Waals surface area contributed by atoms with Crippen LogP contribution in [-0.2, 0) is 0 Å². The van der Waals surface area contributed by atoms with Crippen LogP contribution in [0.5, 0.6) is 0 Å². The van der Waals surface area contributed by atoms with Crippen LogP contribution >= 0.6 is 0 Å². The van der Waals surface area contributed by atoms with Crippen molar-refractivity contribution in [1.29, 1.82) is 0 Å². The summed E-state index contributed by atoms with van der Waals surface area (Å²) in [6.45, 7) is 0.660. The first-order valence-corrected chi connectivity index (χ1v) is 4.63. The Hall–Kier alpha value is 0.686. The minimum atomic E-state index is 0. The fraction of sp³-hybridized carbons (Fsp3) is 1.00. The molecule has 0 heterocycles. The summed E-state index contributed by atoms with van der Waals surface area (Å²) in [6.07, 6.45) is 7.89. The van der Waals surface area contributed by atoms with E-state index in [1.54, 1.807) is 0 Å². The topological polar surface area (TPSA) is 40.5 Å². The Morgan fingerprint density at radius 3 is 1.08 bits per heavy atom. The predicted octanol–water partition coefficient (Wildman–Crippen LogP) is 1.55. The number of aliphatic hydroxyl groups is 2. The van der Waals surface area contributed by atoms with Crippen molar-refractivity contribution in [2.75, 3.05) is 13.2 Å². The maximum Gasteiger partial charge on any atom is 2.00 e. The fourth-order valence-corrected chi connectivity index (χ4v) is 1.11. The molecule has 0 aromatic rings. The number of hydrogen-bond donors (Lipinski definition) is 2. The molecule has 0 saturated carbocycles. The molecule has 0 unspecified atom stereocenters. The normalized spacial score (nSPS) is 9.50. The summed E-state index contributed by atoms with van der Waals surface area (Å²) in [5, 5.41) is 16.9.